The van der Waals surface area contributed by atoms with E-state index in [2.05, 4.69) is 5.32 Å². The quantitative estimate of drug-likeness (QED) is 0.313. The van der Waals surface area contributed by atoms with Crippen LogP contribution in [0.15, 0.2) is 83.8 Å². The summed E-state index contributed by atoms with van der Waals surface area (Å²) in [6, 6.07) is 20.8. The third-order valence-corrected chi connectivity index (χ3v) is 8.19. The van der Waals surface area contributed by atoms with Gasteiger partial charge in [0.15, 0.2) is 0 Å². The summed E-state index contributed by atoms with van der Waals surface area (Å²) in [6.07, 6.45) is 1.09. The fourth-order valence-corrected chi connectivity index (χ4v) is 5.65. The van der Waals surface area contributed by atoms with Crippen LogP contribution in [0.4, 0.5) is 5.69 Å². The van der Waals surface area contributed by atoms with Crippen molar-refractivity contribution in [3.63, 3.8) is 0 Å². The van der Waals surface area contributed by atoms with Gasteiger partial charge in [-0.3, -0.25) is 13.9 Å². The minimum atomic E-state index is -4.14. The molecular formula is C30H37N3O6S. The lowest BCUT2D eigenvalue weighted by atomic mass is 10.1. The van der Waals surface area contributed by atoms with E-state index in [1.165, 1.54) is 24.1 Å². The van der Waals surface area contributed by atoms with E-state index in [9.17, 15) is 18.0 Å². The highest BCUT2D eigenvalue weighted by molar-refractivity contribution is 7.92. The Kier molecular flexibility index (Phi) is 11.0. The predicted octanol–water partition coefficient (Wildman–Crippen LogP) is 4.23. The van der Waals surface area contributed by atoms with Crippen LogP contribution in [0.3, 0.4) is 0 Å². The number of benzene rings is 3. The van der Waals surface area contributed by atoms with E-state index in [-0.39, 0.29) is 23.0 Å². The number of nitrogens with one attached hydrogen (secondary N) is 1. The Balaban J connectivity index is 2.05. The van der Waals surface area contributed by atoms with Crippen molar-refractivity contribution in [2.75, 3.05) is 31.6 Å². The molecule has 3 aromatic rings. The lowest BCUT2D eigenvalue weighted by Crippen LogP contribution is -2.52. The molecule has 0 heterocycles. The Morgan fingerprint density at radius 2 is 1.55 bits per heavy atom. The summed E-state index contributed by atoms with van der Waals surface area (Å²) in [5, 5.41) is 2.88. The van der Waals surface area contributed by atoms with Gasteiger partial charge in [-0.05, 0) is 54.8 Å². The van der Waals surface area contributed by atoms with Gasteiger partial charge in [0.05, 0.1) is 24.8 Å². The summed E-state index contributed by atoms with van der Waals surface area (Å²) >= 11 is 0. The lowest BCUT2D eigenvalue weighted by molar-refractivity contribution is -0.140. The van der Waals surface area contributed by atoms with Crippen molar-refractivity contribution in [3.8, 4) is 11.5 Å². The molecule has 0 aliphatic heterocycles. The molecule has 9 nitrogen and oxygen atoms in total. The summed E-state index contributed by atoms with van der Waals surface area (Å²) in [5.74, 6) is 0.299. The standard InChI is InChI=1S/C30H37N3O6S/c1-5-19-31-30(35)28(6-2)32(21-23-15-17-25(38-3)18-16-23)29(34)22-33(24-11-10-12-26(20-24)39-4)40(36,37)27-13-8-7-9-14-27/h7-18,20,28H,5-6,19,21-22H2,1-4H3,(H,31,35)/t28-/m0/s1. The zero-order chi connectivity index (χ0) is 29.1. The zero-order valence-corrected chi connectivity index (χ0v) is 24.2. The van der Waals surface area contributed by atoms with Gasteiger partial charge in [-0.25, -0.2) is 8.42 Å². The summed E-state index contributed by atoms with van der Waals surface area (Å²) < 4.78 is 39.3. The van der Waals surface area contributed by atoms with Crippen LogP contribution >= 0.6 is 0 Å². The fourth-order valence-electron chi connectivity index (χ4n) is 4.23. The van der Waals surface area contributed by atoms with Crippen LogP contribution in [0.2, 0.25) is 0 Å². The number of nitrogens with zero attached hydrogens (tertiary/aromatic N) is 2. The molecule has 3 rings (SSSR count). The maximum absolute atomic E-state index is 14.0. The average Bonchev–Trinajstić information content (AvgIpc) is 2.99. The molecule has 1 N–H and O–H groups in total. The van der Waals surface area contributed by atoms with Gasteiger partial charge < -0.3 is 19.7 Å². The first kappa shape index (κ1) is 30.5. The number of carbonyl (C=O) groups excluding carboxylic acids is 2. The Morgan fingerprint density at radius 3 is 2.15 bits per heavy atom. The average molecular weight is 568 g/mol. The summed E-state index contributed by atoms with van der Waals surface area (Å²) in [7, 11) is -1.09. The van der Waals surface area contributed by atoms with Crippen LogP contribution < -0.4 is 19.1 Å². The number of rotatable bonds is 14. The predicted molar refractivity (Wildman–Crippen MR) is 155 cm³/mol. The van der Waals surface area contributed by atoms with E-state index in [1.807, 2.05) is 26.0 Å². The van der Waals surface area contributed by atoms with Crippen molar-refractivity contribution < 1.29 is 27.5 Å². The third-order valence-electron chi connectivity index (χ3n) is 6.40. The second-order valence-electron chi connectivity index (χ2n) is 9.11. The molecule has 0 spiro atoms. The zero-order valence-electron chi connectivity index (χ0n) is 23.4. The largest absolute Gasteiger partial charge is 0.497 e. The smallest absolute Gasteiger partial charge is 0.264 e. The van der Waals surface area contributed by atoms with E-state index >= 15 is 0 Å². The van der Waals surface area contributed by atoms with E-state index in [1.54, 1.807) is 61.7 Å². The minimum absolute atomic E-state index is 0.0417. The number of anilines is 1. The molecule has 0 radical (unpaired) electrons. The molecule has 1 atom stereocenters. The Bertz CT molecular complexity index is 1360. The highest BCUT2D eigenvalue weighted by Crippen LogP contribution is 2.28. The number of carbonyl (C=O) groups is 2. The number of hydrogen-bond acceptors (Lipinski definition) is 6. The van der Waals surface area contributed by atoms with Crippen LogP contribution in [0.1, 0.15) is 32.3 Å². The SMILES string of the molecule is CCCNC(=O)[C@H](CC)N(Cc1ccc(OC)cc1)C(=O)CN(c1cccc(OC)c1)S(=O)(=O)c1ccccc1. The lowest BCUT2D eigenvalue weighted by Gasteiger charge is -2.33. The highest BCUT2D eigenvalue weighted by atomic mass is 32.2. The first-order valence-corrected chi connectivity index (χ1v) is 14.6. The molecule has 0 saturated carbocycles. The number of methoxy groups -OCH3 is 2. The summed E-state index contributed by atoms with van der Waals surface area (Å²) in [5.41, 5.74) is 1.04. The van der Waals surface area contributed by atoms with Gasteiger partial charge in [-0.15, -0.1) is 0 Å². The van der Waals surface area contributed by atoms with Crippen LogP contribution in [-0.2, 0) is 26.2 Å². The van der Waals surface area contributed by atoms with Crippen LogP contribution in [0, 0.1) is 0 Å². The van der Waals surface area contributed by atoms with Crippen molar-refractivity contribution in [1.82, 2.24) is 10.2 Å². The van der Waals surface area contributed by atoms with Crippen molar-refractivity contribution in [3.05, 3.63) is 84.4 Å². The van der Waals surface area contributed by atoms with E-state index in [0.717, 1.165) is 16.3 Å². The van der Waals surface area contributed by atoms with Crippen molar-refractivity contribution in [1.29, 1.82) is 0 Å². The molecule has 0 unspecified atom stereocenters. The Labute approximate surface area is 236 Å². The van der Waals surface area contributed by atoms with E-state index in [0.29, 0.717) is 24.5 Å². The fraction of sp³-hybridized carbons (Fsp3) is 0.333. The molecule has 0 aliphatic carbocycles. The molecule has 0 saturated heterocycles. The van der Waals surface area contributed by atoms with Crippen molar-refractivity contribution in [2.24, 2.45) is 0 Å². The molecule has 2 amide bonds. The molecule has 40 heavy (non-hydrogen) atoms. The monoisotopic (exact) mass is 567 g/mol. The summed E-state index contributed by atoms with van der Waals surface area (Å²) in [6.45, 7) is 3.83. The highest BCUT2D eigenvalue weighted by Gasteiger charge is 2.33. The molecule has 214 valence electrons. The first-order chi connectivity index (χ1) is 19.2. The number of hydrogen-bond donors (Lipinski definition) is 1. The number of amides is 2. The van der Waals surface area contributed by atoms with Gasteiger partial charge in [-0.1, -0.05) is 50.2 Å². The Hall–Kier alpha value is -4.05. The van der Waals surface area contributed by atoms with Gasteiger partial charge >= 0.3 is 0 Å². The maximum atomic E-state index is 14.0. The summed E-state index contributed by atoms with van der Waals surface area (Å²) in [4.78, 5) is 28.7. The number of ether oxygens (including phenoxy) is 2. The normalized spacial score (nSPS) is 11.8. The maximum Gasteiger partial charge on any atom is 0.264 e. The van der Waals surface area contributed by atoms with Crippen LogP contribution in [0.25, 0.3) is 0 Å². The second kappa shape index (κ2) is 14.4. The Morgan fingerprint density at radius 1 is 0.875 bits per heavy atom. The molecule has 0 bridgehead atoms. The minimum Gasteiger partial charge on any atom is -0.497 e. The van der Waals surface area contributed by atoms with Gasteiger partial charge in [0.1, 0.15) is 24.1 Å². The van der Waals surface area contributed by atoms with Gasteiger partial charge in [-0.2, -0.15) is 0 Å². The van der Waals surface area contributed by atoms with Gasteiger partial charge in [0.25, 0.3) is 10.0 Å². The van der Waals surface area contributed by atoms with E-state index in [4.69, 9.17) is 9.47 Å². The molecule has 3 aromatic carbocycles. The van der Waals surface area contributed by atoms with Crippen molar-refractivity contribution >= 4 is 27.5 Å². The molecule has 0 aliphatic rings. The van der Waals surface area contributed by atoms with Gasteiger partial charge in [0.2, 0.25) is 11.8 Å². The van der Waals surface area contributed by atoms with Crippen LogP contribution in [0.5, 0.6) is 11.5 Å². The molecule has 0 fully saturated rings. The van der Waals surface area contributed by atoms with Gasteiger partial charge in [0, 0.05) is 19.2 Å². The molecule has 0 aromatic heterocycles. The first-order valence-electron chi connectivity index (χ1n) is 13.2. The number of sulfonamides is 1. The van der Waals surface area contributed by atoms with Crippen LogP contribution in [-0.4, -0.2) is 58.5 Å². The topological polar surface area (TPSA) is 105 Å². The molecule has 10 heteroatoms. The molecular weight excluding hydrogens is 530 g/mol. The van der Waals surface area contributed by atoms with E-state index < -0.39 is 28.5 Å². The second-order valence-corrected chi connectivity index (χ2v) is 11.0. The third kappa shape index (κ3) is 7.53. The van der Waals surface area contributed by atoms with Crippen molar-refractivity contribution in [2.45, 2.75) is 44.2 Å².